The van der Waals surface area contributed by atoms with E-state index in [1.807, 2.05) is 42.5 Å². The standard InChI is InChI=1S/C19H18N2O2/c1-2-13-23-15-10-8-14(9-11-15)19(22)21-18-7-3-6-17-16(18)5-4-12-20-17/h3-12H,2,13H2,1H3,(H,21,22). The van der Waals surface area contributed by atoms with Gasteiger partial charge in [-0.15, -0.1) is 0 Å². The summed E-state index contributed by atoms with van der Waals surface area (Å²) in [5.41, 5.74) is 2.20. The van der Waals surface area contributed by atoms with Gasteiger partial charge in [-0.05, 0) is 55.0 Å². The van der Waals surface area contributed by atoms with Crippen LogP contribution in [0.2, 0.25) is 0 Å². The van der Waals surface area contributed by atoms with E-state index in [2.05, 4.69) is 17.2 Å². The number of pyridine rings is 1. The van der Waals surface area contributed by atoms with Crippen molar-refractivity contribution in [3.63, 3.8) is 0 Å². The van der Waals surface area contributed by atoms with E-state index >= 15 is 0 Å². The highest BCUT2D eigenvalue weighted by Gasteiger charge is 2.08. The molecular formula is C19H18N2O2. The van der Waals surface area contributed by atoms with Crippen LogP contribution < -0.4 is 10.1 Å². The molecule has 3 aromatic rings. The zero-order valence-electron chi connectivity index (χ0n) is 13.0. The van der Waals surface area contributed by atoms with Crippen molar-refractivity contribution in [1.82, 2.24) is 4.98 Å². The van der Waals surface area contributed by atoms with Gasteiger partial charge in [0.15, 0.2) is 0 Å². The van der Waals surface area contributed by atoms with Gasteiger partial charge < -0.3 is 10.1 Å². The molecule has 0 unspecified atom stereocenters. The lowest BCUT2D eigenvalue weighted by molar-refractivity contribution is 0.102. The minimum atomic E-state index is -0.150. The number of aromatic nitrogens is 1. The average Bonchev–Trinajstić information content (AvgIpc) is 2.60. The summed E-state index contributed by atoms with van der Waals surface area (Å²) in [7, 11) is 0. The quantitative estimate of drug-likeness (QED) is 0.765. The third kappa shape index (κ3) is 3.48. The Bertz CT molecular complexity index is 808. The Kier molecular flexibility index (Phi) is 4.52. The van der Waals surface area contributed by atoms with Crippen LogP contribution in [-0.4, -0.2) is 17.5 Å². The number of carbonyl (C=O) groups is 1. The summed E-state index contributed by atoms with van der Waals surface area (Å²) in [5, 5.41) is 3.87. The van der Waals surface area contributed by atoms with Gasteiger partial charge in [0.1, 0.15) is 5.75 Å². The van der Waals surface area contributed by atoms with Crippen LogP contribution in [0, 0.1) is 0 Å². The molecule has 4 nitrogen and oxygen atoms in total. The van der Waals surface area contributed by atoms with Crippen LogP contribution in [0.3, 0.4) is 0 Å². The number of anilines is 1. The molecule has 23 heavy (non-hydrogen) atoms. The number of hydrogen-bond acceptors (Lipinski definition) is 3. The van der Waals surface area contributed by atoms with Crippen molar-refractivity contribution in [3.8, 4) is 5.75 Å². The lowest BCUT2D eigenvalue weighted by Gasteiger charge is -2.09. The molecule has 0 bridgehead atoms. The van der Waals surface area contributed by atoms with Gasteiger partial charge in [-0.25, -0.2) is 0 Å². The number of benzene rings is 2. The van der Waals surface area contributed by atoms with Crippen LogP contribution in [0.15, 0.2) is 60.8 Å². The molecule has 1 aromatic heterocycles. The second-order valence-corrected chi connectivity index (χ2v) is 5.20. The van der Waals surface area contributed by atoms with Crippen LogP contribution in [0.1, 0.15) is 23.7 Å². The molecule has 0 saturated heterocycles. The van der Waals surface area contributed by atoms with E-state index in [1.54, 1.807) is 18.3 Å². The summed E-state index contributed by atoms with van der Waals surface area (Å²) < 4.78 is 5.53. The summed E-state index contributed by atoms with van der Waals surface area (Å²) in [6.45, 7) is 2.73. The average molecular weight is 306 g/mol. The summed E-state index contributed by atoms with van der Waals surface area (Å²) in [4.78, 5) is 16.7. The van der Waals surface area contributed by atoms with Crippen molar-refractivity contribution in [2.75, 3.05) is 11.9 Å². The van der Waals surface area contributed by atoms with E-state index < -0.39 is 0 Å². The van der Waals surface area contributed by atoms with Gasteiger partial charge in [-0.1, -0.05) is 13.0 Å². The summed E-state index contributed by atoms with van der Waals surface area (Å²) in [5.74, 6) is 0.626. The molecule has 3 rings (SSSR count). The molecule has 1 heterocycles. The Morgan fingerprint density at radius 3 is 2.70 bits per heavy atom. The third-order valence-electron chi connectivity index (χ3n) is 3.48. The van der Waals surface area contributed by atoms with Crippen molar-refractivity contribution in [3.05, 3.63) is 66.4 Å². The molecule has 0 atom stereocenters. The maximum atomic E-state index is 12.4. The van der Waals surface area contributed by atoms with E-state index in [0.717, 1.165) is 28.8 Å². The Balaban J connectivity index is 1.78. The fourth-order valence-electron chi connectivity index (χ4n) is 2.33. The molecule has 4 heteroatoms. The van der Waals surface area contributed by atoms with E-state index in [1.165, 1.54) is 0 Å². The number of carbonyl (C=O) groups excluding carboxylic acids is 1. The third-order valence-corrected chi connectivity index (χ3v) is 3.48. The molecule has 0 radical (unpaired) electrons. The SMILES string of the molecule is CCCOc1ccc(C(=O)Nc2cccc3ncccc23)cc1. The van der Waals surface area contributed by atoms with Gasteiger partial charge in [0, 0.05) is 17.1 Å². The molecule has 1 N–H and O–H groups in total. The van der Waals surface area contributed by atoms with Gasteiger partial charge in [-0.2, -0.15) is 0 Å². The first-order valence-electron chi connectivity index (χ1n) is 7.66. The van der Waals surface area contributed by atoms with Gasteiger partial charge in [0.25, 0.3) is 5.91 Å². The van der Waals surface area contributed by atoms with Gasteiger partial charge >= 0.3 is 0 Å². The molecule has 0 saturated carbocycles. The van der Waals surface area contributed by atoms with Crippen LogP contribution in [-0.2, 0) is 0 Å². The van der Waals surface area contributed by atoms with Crippen molar-refractivity contribution in [1.29, 1.82) is 0 Å². The summed E-state index contributed by atoms with van der Waals surface area (Å²) >= 11 is 0. The number of ether oxygens (including phenoxy) is 1. The topological polar surface area (TPSA) is 51.2 Å². The second-order valence-electron chi connectivity index (χ2n) is 5.20. The fourth-order valence-corrected chi connectivity index (χ4v) is 2.33. The molecule has 0 fully saturated rings. The first-order valence-corrected chi connectivity index (χ1v) is 7.66. The van der Waals surface area contributed by atoms with E-state index in [-0.39, 0.29) is 5.91 Å². The summed E-state index contributed by atoms with van der Waals surface area (Å²) in [6, 6.07) is 16.6. The molecule has 0 spiro atoms. The van der Waals surface area contributed by atoms with Crippen LogP contribution in [0.4, 0.5) is 5.69 Å². The number of nitrogens with zero attached hydrogens (tertiary/aromatic N) is 1. The Labute approximate surface area is 135 Å². The predicted octanol–water partition coefficient (Wildman–Crippen LogP) is 4.28. The molecule has 2 aromatic carbocycles. The van der Waals surface area contributed by atoms with E-state index in [0.29, 0.717) is 12.2 Å². The molecule has 116 valence electrons. The maximum absolute atomic E-state index is 12.4. The maximum Gasteiger partial charge on any atom is 0.255 e. The van der Waals surface area contributed by atoms with Gasteiger partial charge in [-0.3, -0.25) is 9.78 Å². The van der Waals surface area contributed by atoms with Crippen molar-refractivity contribution in [2.45, 2.75) is 13.3 Å². The first kappa shape index (κ1) is 15.0. The highest BCUT2D eigenvalue weighted by Crippen LogP contribution is 2.22. The Morgan fingerprint density at radius 1 is 1.09 bits per heavy atom. The molecular weight excluding hydrogens is 288 g/mol. The van der Waals surface area contributed by atoms with Gasteiger partial charge in [0.2, 0.25) is 0 Å². The first-order chi connectivity index (χ1) is 11.3. The van der Waals surface area contributed by atoms with E-state index in [4.69, 9.17) is 4.74 Å². The van der Waals surface area contributed by atoms with E-state index in [9.17, 15) is 4.79 Å². The normalized spacial score (nSPS) is 10.5. The lowest BCUT2D eigenvalue weighted by atomic mass is 10.1. The molecule has 0 aliphatic carbocycles. The number of rotatable bonds is 5. The largest absolute Gasteiger partial charge is 0.494 e. The Morgan fingerprint density at radius 2 is 1.91 bits per heavy atom. The zero-order valence-corrected chi connectivity index (χ0v) is 13.0. The van der Waals surface area contributed by atoms with Crippen molar-refractivity contribution >= 4 is 22.5 Å². The molecule has 1 amide bonds. The minimum Gasteiger partial charge on any atom is -0.494 e. The zero-order chi connectivity index (χ0) is 16.1. The lowest BCUT2D eigenvalue weighted by Crippen LogP contribution is -2.12. The monoisotopic (exact) mass is 306 g/mol. The van der Waals surface area contributed by atoms with Crippen molar-refractivity contribution < 1.29 is 9.53 Å². The molecule has 0 aliphatic rings. The number of hydrogen-bond donors (Lipinski definition) is 1. The fraction of sp³-hybridized carbons (Fsp3) is 0.158. The smallest absolute Gasteiger partial charge is 0.255 e. The van der Waals surface area contributed by atoms with Crippen molar-refractivity contribution in [2.24, 2.45) is 0 Å². The highest BCUT2D eigenvalue weighted by molar-refractivity contribution is 6.08. The van der Waals surface area contributed by atoms with Crippen LogP contribution in [0.5, 0.6) is 5.75 Å². The van der Waals surface area contributed by atoms with Crippen LogP contribution in [0.25, 0.3) is 10.9 Å². The van der Waals surface area contributed by atoms with Gasteiger partial charge in [0.05, 0.1) is 17.8 Å². The Hall–Kier alpha value is -2.88. The number of amides is 1. The molecule has 0 aliphatic heterocycles. The van der Waals surface area contributed by atoms with Crippen LogP contribution >= 0.6 is 0 Å². The number of nitrogens with one attached hydrogen (secondary N) is 1. The number of fused-ring (bicyclic) bond motifs is 1. The predicted molar refractivity (Wildman–Crippen MR) is 91.9 cm³/mol. The second kappa shape index (κ2) is 6.92. The highest BCUT2D eigenvalue weighted by atomic mass is 16.5. The summed E-state index contributed by atoms with van der Waals surface area (Å²) in [6.07, 6.45) is 2.69. The minimum absolute atomic E-state index is 0.150.